The van der Waals surface area contributed by atoms with Gasteiger partial charge in [-0.05, 0) is 18.9 Å². The highest BCUT2D eigenvalue weighted by Gasteiger charge is 2.49. The molecule has 0 heterocycles. The number of amides is 1. The summed E-state index contributed by atoms with van der Waals surface area (Å²) in [5, 5.41) is 2.74. The third-order valence-electron chi connectivity index (χ3n) is 3.33. The largest absolute Gasteiger partial charge is 0.346 e. The first-order chi connectivity index (χ1) is 8.67. The molecule has 1 fully saturated rings. The van der Waals surface area contributed by atoms with E-state index in [1.807, 2.05) is 0 Å². The van der Waals surface area contributed by atoms with Gasteiger partial charge in [0.2, 0.25) is 5.91 Å². The third-order valence-corrected chi connectivity index (χ3v) is 3.33. The van der Waals surface area contributed by atoms with Gasteiger partial charge < -0.3 is 5.32 Å². The van der Waals surface area contributed by atoms with Crippen LogP contribution >= 0.6 is 0 Å². The second-order valence-electron chi connectivity index (χ2n) is 6.01. The Bertz CT molecular complexity index is 530. The summed E-state index contributed by atoms with van der Waals surface area (Å²) in [7, 11) is 0. The molecule has 0 bridgehead atoms. The summed E-state index contributed by atoms with van der Waals surface area (Å²) in [6, 6.07) is 2.08. The number of nitrogens with one attached hydrogen (secondary N) is 1. The summed E-state index contributed by atoms with van der Waals surface area (Å²) in [5.41, 5.74) is -1.49. The highest BCUT2D eigenvalue weighted by Crippen LogP contribution is 2.47. The quantitative estimate of drug-likeness (QED) is 0.822. The Morgan fingerprint density at radius 3 is 2.21 bits per heavy atom. The Balaban J connectivity index is 2.32. The average Bonchev–Trinajstić information content (AvgIpc) is 3.05. The fraction of sp³-hybridized carbons (Fsp3) is 0.500. The molecule has 0 aliphatic heterocycles. The molecule has 1 N–H and O–H groups in total. The zero-order chi connectivity index (χ0) is 14.4. The first kappa shape index (κ1) is 13.9. The fourth-order valence-corrected chi connectivity index (χ4v) is 1.89. The van der Waals surface area contributed by atoms with Crippen molar-refractivity contribution in [1.82, 2.24) is 5.32 Å². The van der Waals surface area contributed by atoms with Crippen LogP contribution in [0.2, 0.25) is 0 Å². The summed E-state index contributed by atoms with van der Waals surface area (Å²) < 4.78 is 40.0. The van der Waals surface area contributed by atoms with Crippen molar-refractivity contribution < 1.29 is 18.0 Å². The molecular weight excluding hydrogens is 255 g/mol. The van der Waals surface area contributed by atoms with E-state index in [1.165, 1.54) is 6.07 Å². The number of benzene rings is 1. The average molecular weight is 271 g/mol. The fourth-order valence-electron chi connectivity index (χ4n) is 1.89. The maximum absolute atomic E-state index is 13.8. The maximum atomic E-state index is 13.8. The monoisotopic (exact) mass is 271 g/mol. The van der Waals surface area contributed by atoms with E-state index < -0.39 is 28.4 Å². The first-order valence-electron chi connectivity index (χ1n) is 6.14. The molecule has 0 radical (unpaired) electrons. The van der Waals surface area contributed by atoms with Crippen LogP contribution in [0.25, 0.3) is 0 Å². The van der Waals surface area contributed by atoms with Crippen molar-refractivity contribution >= 4 is 5.91 Å². The summed E-state index contributed by atoms with van der Waals surface area (Å²) >= 11 is 0. The van der Waals surface area contributed by atoms with Crippen LogP contribution < -0.4 is 5.32 Å². The maximum Gasteiger partial charge on any atom is 0.226 e. The SMILES string of the molecule is CC(C)(C)C(=O)NC1(c2ccc(F)c(F)c2F)CC1. The molecule has 0 saturated heterocycles. The molecule has 1 saturated carbocycles. The van der Waals surface area contributed by atoms with Gasteiger partial charge in [0.25, 0.3) is 0 Å². The lowest BCUT2D eigenvalue weighted by Crippen LogP contribution is -2.42. The minimum atomic E-state index is -1.49. The Morgan fingerprint density at radius 1 is 1.16 bits per heavy atom. The summed E-state index contributed by atoms with van der Waals surface area (Å²) in [6.45, 7) is 5.21. The third kappa shape index (κ3) is 2.46. The van der Waals surface area contributed by atoms with Crippen molar-refractivity contribution in [3.05, 3.63) is 35.1 Å². The molecule has 0 unspecified atom stereocenters. The highest BCUT2D eigenvalue weighted by atomic mass is 19.2. The van der Waals surface area contributed by atoms with Gasteiger partial charge in [0, 0.05) is 11.0 Å². The zero-order valence-electron chi connectivity index (χ0n) is 11.1. The van der Waals surface area contributed by atoms with E-state index in [4.69, 9.17) is 0 Å². The highest BCUT2D eigenvalue weighted by molar-refractivity contribution is 5.82. The van der Waals surface area contributed by atoms with Crippen molar-refractivity contribution in [1.29, 1.82) is 0 Å². The number of rotatable bonds is 2. The van der Waals surface area contributed by atoms with Gasteiger partial charge in [0.15, 0.2) is 17.5 Å². The predicted molar refractivity (Wildman–Crippen MR) is 64.8 cm³/mol. The Kier molecular flexibility index (Phi) is 3.11. The molecule has 2 nitrogen and oxygen atoms in total. The van der Waals surface area contributed by atoms with Gasteiger partial charge in [0.1, 0.15) is 0 Å². The molecule has 1 aliphatic rings. The molecule has 104 valence electrons. The number of carbonyl (C=O) groups is 1. The van der Waals surface area contributed by atoms with Gasteiger partial charge in [-0.2, -0.15) is 0 Å². The van der Waals surface area contributed by atoms with Gasteiger partial charge in [-0.3, -0.25) is 4.79 Å². The van der Waals surface area contributed by atoms with E-state index in [1.54, 1.807) is 20.8 Å². The van der Waals surface area contributed by atoms with Crippen molar-refractivity contribution in [2.75, 3.05) is 0 Å². The van der Waals surface area contributed by atoms with Crippen LogP contribution in [0.1, 0.15) is 39.2 Å². The smallest absolute Gasteiger partial charge is 0.226 e. The second kappa shape index (κ2) is 4.25. The van der Waals surface area contributed by atoms with Crippen LogP contribution in [0.3, 0.4) is 0 Å². The number of hydrogen-bond donors (Lipinski definition) is 1. The molecule has 1 aromatic rings. The van der Waals surface area contributed by atoms with Crippen molar-refractivity contribution in [3.8, 4) is 0 Å². The van der Waals surface area contributed by atoms with Gasteiger partial charge >= 0.3 is 0 Å². The van der Waals surface area contributed by atoms with Gasteiger partial charge in [-0.15, -0.1) is 0 Å². The van der Waals surface area contributed by atoms with Crippen LogP contribution in [-0.4, -0.2) is 5.91 Å². The molecule has 0 aromatic heterocycles. The first-order valence-corrected chi connectivity index (χ1v) is 6.14. The summed E-state index contributed by atoms with van der Waals surface area (Å²) in [6.07, 6.45) is 1.05. The Labute approximate surface area is 110 Å². The lowest BCUT2D eigenvalue weighted by Gasteiger charge is -2.24. The van der Waals surface area contributed by atoms with Crippen molar-refractivity contribution in [2.24, 2.45) is 5.41 Å². The molecule has 0 atom stereocenters. The van der Waals surface area contributed by atoms with Crippen LogP contribution in [0.4, 0.5) is 13.2 Å². The van der Waals surface area contributed by atoms with Crippen LogP contribution in [0.15, 0.2) is 12.1 Å². The standard InChI is InChI=1S/C14H16F3NO/c1-13(2,3)12(19)18-14(6-7-14)8-4-5-9(15)11(17)10(8)16/h4-5H,6-7H2,1-3H3,(H,18,19). The van der Waals surface area contributed by atoms with E-state index in [0.717, 1.165) is 6.07 Å². The van der Waals surface area contributed by atoms with Crippen LogP contribution in [0.5, 0.6) is 0 Å². The minimum absolute atomic E-state index is 0.0176. The topological polar surface area (TPSA) is 29.1 Å². The van der Waals surface area contributed by atoms with E-state index >= 15 is 0 Å². The zero-order valence-corrected chi connectivity index (χ0v) is 11.1. The molecule has 1 aromatic carbocycles. The van der Waals surface area contributed by atoms with E-state index in [0.29, 0.717) is 12.8 Å². The molecular formula is C14H16F3NO. The molecule has 5 heteroatoms. The number of hydrogen-bond acceptors (Lipinski definition) is 1. The van der Waals surface area contributed by atoms with Gasteiger partial charge in [-0.1, -0.05) is 26.8 Å². The Hall–Kier alpha value is -1.52. The van der Waals surface area contributed by atoms with Crippen LogP contribution in [0, 0.1) is 22.9 Å². The van der Waals surface area contributed by atoms with Crippen molar-refractivity contribution in [2.45, 2.75) is 39.2 Å². The molecule has 1 aliphatic carbocycles. The van der Waals surface area contributed by atoms with Crippen LogP contribution in [-0.2, 0) is 10.3 Å². The predicted octanol–water partition coefficient (Wildman–Crippen LogP) is 3.26. The van der Waals surface area contributed by atoms with Gasteiger partial charge in [-0.25, -0.2) is 13.2 Å². The summed E-state index contributed by atoms with van der Waals surface area (Å²) in [4.78, 5) is 12.0. The lowest BCUT2D eigenvalue weighted by atomic mass is 9.93. The number of carbonyl (C=O) groups excluding carboxylic acids is 1. The Morgan fingerprint density at radius 2 is 1.74 bits per heavy atom. The van der Waals surface area contributed by atoms with E-state index in [2.05, 4.69) is 5.32 Å². The minimum Gasteiger partial charge on any atom is -0.346 e. The molecule has 1 amide bonds. The van der Waals surface area contributed by atoms with Gasteiger partial charge in [0.05, 0.1) is 5.54 Å². The van der Waals surface area contributed by atoms with E-state index in [9.17, 15) is 18.0 Å². The number of halogens is 3. The molecule has 2 rings (SSSR count). The molecule has 19 heavy (non-hydrogen) atoms. The normalized spacial score (nSPS) is 17.2. The second-order valence-corrected chi connectivity index (χ2v) is 6.01. The molecule has 0 spiro atoms. The van der Waals surface area contributed by atoms with Crippen molar-refractivity contribution in [3.63, 3.8) is 0 Å². The van der Waals surface area contributed by atoms with E-state index in [-0.39, 0.29) is 11.5 Å². The lowest BCUT2D eigenvalue weighted by molar-refractivity contribution is -0.129. The summed E-state index contributed by atoms with van der Waals surface area (Å²) in [5.74, 6) is -4.17.